The minimum Gasteiger partial charge on any atom is -0.497 e. The lowest BCUT2D eigenvalue weighted by Gasteiger charge is -2.07. The molecule has 0 unspecified atom stereocenters. The first kappa shape index (κ1) is 13.9. The van der Waals surface area contributed by atoms with E-state index in [2.05, 4.69) is 15.3 Å². The third-order valence-electron chi connectivity index (χ3n) is 3.30. The molecule has 1 amide bonds. The van der Waals surface area contributed by atoms with Crippen LogP contribution in [0.4, 0.5) is 5.69 Å². The van der Waals surface area contributed by atoms with Crippen molar-refractivity contribution in [3.8, 4) is 5.75 Å². The van der Waals surface area contributed by atoms with Crippen molar-refractivity contribution >= 4 is 22.6 Å². The number of rotatable bonds is 4. The van der Waals surface area contributed by atoms with E-state index >= 15 is 0 Å². The van der Waals surface area contributed by atoms with Gasteiger partial charge in [-0.2, -0.15) is 0 Å². The molecule has 0 atom stereocenters. The van der Waals surface area contributed by atoms with Crippen LogP contribution < -0.4 is 15.7 Å². The minimum absolute atomic E-state index is 0.134. The number of hydrogen-bond donors (Lipinski definition) is 3. The first-order valence-electron chi connectivity index (χ1n) is 6.79. The van der Waals surface area contributed by atoms with Crippen LogP contribution in [0.25, 0.3) is 11.0 Å². The molecule has 0 aliphatic rings. The van der Waals surface area contributed by atoms with Crippen LogP contribution in [0.1, 0.15) is 5.56 Å². The lowest BCUT2D eigenvalue weighted by Crippen LogP contribution is -2.14. The largest absolute Gasteiger partial charge is 0.497 e. The Morgan fingerprint density at radius 3 is 2.77 bits per heavy atom. The number of hydrogen-bond acceptors (Lipinski definition) is 3. The van der Waals surface area contributed by atoms with Crippen molar-refractivity contribution in [1.29, 1.82) is 0 Å². The van der Waals surface area contributed by atoms with Crippen molar-refractivity contribution in [2.45, 2.75) is 6.42 Å². The van der Waals surface area contributed by atoms with Crippen LogP contribution in [0.5, 0.6) is 5.75 Å². The van der Waals surface area contributed by atoms with Gasteiger partial charge in [0.2, 0.25) is 5.91 Å². The highest BCUT2D eigenvalue weighted by Crippen LogP contribution is 2.17. The molecule has 0 bridgehead atoms. The highest BCUT2D eigenvalue weighted by Gasteiger charge is 2.07. The van der Waals surface area contributed by atoms with Crippen LogP contribution in [0.2, 0.25) is 0 Å². The van der Waals surface area contributed by atoms with Gasteiger partial charge in [0.15, 0.2) is 0 Å². The van der Waals surface area contributed by atoms with Gasteiger partial charge in [0, 0.05) is 11.8 Å². The van der Waals surface area contributed by atoms with Crippen LogP contribution in [-0.4, -0.2) is 23.0 Å². The van der Waals surface area contributed by atoms with Gasteiger partial charge in [-0.15, -0.1) is 0 Å². The molecule has 1 heterocycles. The summed E-state index contributed by atoms with van der Waals surface area (Å²) in [6, 6.07) is 12.6. The molecule has 1 aromatic heterocycles. The van der Waals surface area contributed by atoms with Crippen molar-refractivity contribution < 1.29 is 9.53 Å². The number of methoxy groups -OCH3 is 1. The Balaban J connectivity index is 1.73. The van der Waals surface area contributed by atoms with E-state index in [0.29, 0.717) is 17.0 Å². The molecule has 2 aromatic carbocycles. The molecule has 0 saturated carbocycles. The summed E-state index contributed by atoms with van der Waals surface area (Å²) in [6.45, 7) is 0. The highest BCUT2D eigenvalue weighted by atomic mass is 16.5. The Labute approximate surface area is 126 Å². The predicted molar refractivity (Wildman–Crippen MR) is 84.2 cm³/mol. The van der Waals surface area contributed by atoms with Crippen molar-refractivity contribution in [3.05, 3.63) is 58.5 Å². The van der Waals surface area contributed by atoms with Gasteiger partial charge in [0.1, 0.15) is 5.75 Å². The number of benzene rings is 2. The Morgan fingerprint density at radius 1 is 1.14 bits per heavy atom. The van der Waals surface area contributed by atoms with Gasteiger partial charge < -0.3 is 20.0 Å². The second-order valence-corrected chi connectivity index (χ2v) is 4.92. The van der Waals surface area contributed by atoms with Crippen molar-refractivity contribution in [2.75, 3.05) is 12.4 Å². The number of anilines is 1. The molecule has 3 N–H and O–H groups in total. The molecular weight excluding hydrogens is 282 g/mol. The van der Waals surface area contributed by atoms with E-state index in [-0.39, 0.29) is 18.0 Å². The molecule has 6 heteroatoms. The van der Waals surface area contributed by atoms with Crippen molar-refractivity contribution in [3.63, 3.8) is 0 Å². The Kier molecular flexibility index (Phi) is 3.65. The summed E-state index contributed by atoms with van der Waals surface area (Å²) >= 11 is 0. The fraction of sp³-hybridized carbons (Fsp3) is 0.125. The molecule has 22 heavy (non-hydrogen) atoms. The third-order valence-corrected chi connectivity index (χ3v) is 3.30. The second-order valence-electron chi connectivity index (χ2n) is 4.92. The summed E-state index contributed by atoms with van der Waals surface area (Å²) in [4.78, 5) is 28.7. The van der Waals surface area contributed by atoms with Gasteiger partial charge in [-0.3, -0.25) is 4.79 Å². The molecule has 0 aliphatic heterocycles. The number of nitrogens with one attached hydrogen (secondary N) is 3. The zero-order valence-corrected chi connectivity index (χ0v) is 12.0. The van der Waals surface area contributed by atoms with E-state index in [1.54, 1.807) is 31.4 Å². The van der Waals surface area contributed by atoms with Gasteiger partial charge in [-0.1, -0.05) is 12.1 Å². The van der Waals surface area contributed by atoms with Crippen molar-refractivity contribution in [2.24, 2.45) is 0 Å². The monoisotopic (exact) mass is 297 g/mol. The van der Waals surface area contributed by atoms with Crippen LogP contribution in [0.15, 0.2) is 47.3 Å². The number of carbonyl (C=O) groups is 1. The van der Waals surface area contributed by atoms with Gasteiger partial charge in [-0.05, 0) is 29.8 Å². The van der Waals surface area contributed by atoms with Crippen molar-refractivity contribution in [1.82, 2.24) is 9.97 Å². The van der Waals surface area contributed by atoms with Gasteiger partial charge in [0.25, 0.3) is 0 Å². The van der Waals surface area contributed by atoms with Gasteiger partial charge >= 0.3 is 5.69 Å². The number of H-pyrrole nitrogens is 2. The smallest absolute Gasteiger partial charge is 0.323 e. The van der Waals surface area contributed by atoms with Crippen LogP contribution in [0.3, 0.4) is 0 Å². The molecule has 6 nitrogen and oxygen atoms in total. The number of aromatic amines is 2. The summed E-state index contributed by atoms with van der Waals surface area (Å²) in [6.07, 6.45) is 0.223. The maximum absolute atomic E-state index is 12.1. The zero-order chi connectivity index (χ0) is 15.5. The van der Waals surface area contributed by atoms with E-state index in [1.807, 2.05) is 18.2 Å². The molecule has 3 aromatic rings. The van der Waals surface area contributed by atoms with Crippen LogP contribution in [0, 0.1) is 0 Å². The normalized spacial score (nSPS) is 10.6. The average Bonchev–Trinajstić information content (AvgIpc) is 2.86. The molecule has 0 spiro atoms. The molecule has 0 aliphatic carbocycles. The molecule has 0 saturated heterocycles. The number of ether oxygens (including phenoxy) is 1. The summed E-state index contributed by atoms with van der Waals surface area (Å²) in [5.74, 6) is 0.551. The van der Waals surface area contributed by atoms with E-state index in [9.17, 15) is 9.59 Å². The average molecular weight is 297 g/mol. The lowest BCUT2D eigenvalue weighted by molar-refractivity contribution is -0.115. The predicted octanol–water partition coefficient (Wildman–Crippen LogP) is 2.05. The highest BCUT2D eigenvalue weighted by molar-refractivity contribution is 5.93. The number of imidazole rings is 1. The number of carbonyl (C=O) groups excluding carboxylic acids is 1. The van der Waals surface area contributed by atoms with E-state index < -0.39 is 0 Å². The summed E-state index contributed by atoms with van der Waals surface area (Å²) in [7, 11) is 1.58. The SMILES string of the molecule is COc1cccc(NC(=O)Cc2ccc3[nH]c(=O)[nH]c3c2)c1. The van der Waals surface area contributed by atoms with Gasteiger partial charge in [-0.25, -0.2) is 4.79 Å². The first-order valence-corrected chi connectivity index (χ1v) is 6.79. The number of amides is 1. The second kappa shape index (κ2) is 5.77. The summed E-state index contributed by atoms with van der Waals surface area (Å²) < 4.78 is 5.12. The van der Waals surface area contributed by atoms with Crippen LogP contribution >= 0.6 is 0 Å². The maximum Gasteiger partial charge on any atom is 0.323 e. The third kappa shape index (κ3) is 3.01. The Hall–Kier alpha value is -3.02. The van der Waals surface area contributed by atoms with E-state index in [1.165, 1.54) is 0 Å². The molecule has 3 rings (SSSR count). The summed E-state index contributed by atoms with van der Waals surface area (Å²) in [5, 5.41) is 2.82. The van der Waals surface area contributed by atoms with E-state index in [0.717, 1.165) is 11.1 Å². The van der Waals surface area contributed by atoms with E-state index in [4.69, 9.17) is 4.74 Å². The number of aromatic nitrogens is 2. The maximum atomic E-state index is 12.1. The fourth-order valence-electron chi connectivity index (χ4n) is 2.28. The number of fused-ring (bicyclic) bond motifs is 1. The minimum atomic E-state index is -0.256. The standard InChI is InChI=1S/C16H15N3O3/c1-22-12-4-2-3-11(9-12)17-15(20)8-10-5-6-13-14(7-10)19-16(21)18-13/h2-7,9H,8H2,1H3,(H,17,20)(H2,18,19,21). The molecule has 0 fully saturated rings. The van der Waals surface area contributed by atoms with Crippen LogP contribution in [-0.2, 0) is 11.2 Å². The zero-order valence-electron chi connectivity index (χ0n) is 12.0. The molecular formula is C16H15N3O3. The van der Waals surface area contributed by atoms with Gasteiger partial charge in [0.05, 0.1) is 24.6 Å². The lowest BCUT2D eigenvalue weighted by atomic mass is 10.1. The first-order chi connectivity index (χ1) is 10.6. The Bertz CT molecular complexity index is 879. The molecule has 112 valence electrons. The summed E-state index contributed by atoms with van der Waals surface area (Å²) in [5.41, 5.74) is 2.66. The Morgan fingerprint density at radius 2 is 1.95 bits per heavy atom. The molecule has 0 radical (unpaired) electrons. The quantitative estimate of drug-likeness (QED) is 0.688. The topological polar surface area (TPSA) is 87.0 Å². The fourth-order valence-corrected chi connectivity index (χ4v) is 2.28.